The van der Waals surface area contributed by atoms with Crippen LogP contribution in [0.1, 0.15) is 0 Å². The zero-order valence-corrected chi connectivity index (χ0v) is 3.77. The lowest BCUT2D eigenvalue weighted by atomic mass is 11.5. The van der Waals surface area contributed by atoms with Crippen molar-refractivity contribution in [2.24, 2.45) is 4.40 Å². The number of nitrogens with zero attached hydrogens (tertiary/aromatic N) is 1. The summed E-state index contributed by atoms with van der Waals surface area (Å²) in [5.41, 5.74) is 0. The van der Waals surface area contributed by atoms with Crippen LogP contribution >= 0.6 is 12.8 Å². The van der Waals surface area contributed by atoms with Gasteiger partial charge in [-0.2, -0.15) is 4.40 Å². The summed E-state index contributed by atoms with van der Waals surface area (Å²) in [6.07, 6.45) is 1.24. The molecule has 0 fully saturated rings. The highest BCUT2D eigenvalue weighted by Gasteiger charge is 1.48. The molecule has 0 aromatic heterocycles. The van der Waals surface area contributed by atoms with Crippen LogP contribution < -0.4 is 0 Å². The van der Waals surface area contributed by atoms with Crippen molar-refractivity contribution in [2.45, 2.75) is 0 Å². The van der Waals surface area contributed by atoms with Gasteiger partial charge in [-0.15, -0.1) is 0 Å². The molecular weight excluding hydrogens is 86.1 g/mol. The van der Waals surface area contributed by atoms with Crippen molar-refractivity contribution in [3.8, 4) is 0 Å². The molecule has 0 N–H and O–H groups in total. The zero-order chi connectivity index (χ0) is 4.12. The minimum atomic E-state index is 1.24. The van der Waals surface area contributed by atoms with E-state index in [4.69, 9.17) is 0 Å². The van der Waals surface area contributed by atoms with Crippen LogP contribution in [0.4, 0.5) is 0 Å². The van der Waals surface area contributed by atoms with E-state index in [0.29, 0.717) is 0 Å². The third-order valence-corrected chi connectivity index (χ3v) is 0.247. The van der Waals surface area contributed by atoms with E-state index in [1.807, 2.05) is 0 Å². The molecule has 0 bridgehead atoms. The fraction of sp³-hybridized carbons (Fsp3) is 0.500. The van der Waals surface area contributed by atoms with Gasteiger partial charge in [-0.25, -0.2) is 0 Å². The van der Waals surface area contributed by atoms with Crippen LogP contribution in [-0.2, 0) is 4.74 Å². The molecule has 0 radical (unpaired) electrons. The fourth-order valence-corrected chi connectivity index (χ4v) is 0.141. The molecule has 0 aliphatic heterocycles. The molecule has 0 saturated heterocycles. The van der Waals surface area contributed by atoms with Gasteiger partial charge in [0.1, 0.15) is 0 Å². The van der Waals surface area contributed by atoms with Crippen molar-refractivity contribution >= 4 is 19.2 Å². The molecule has 2 nitrogen and oxygen atoms in total. The Balaban J connectivity index is 2.62. The van der Waals surface area contributed by atoms with Gasteiger partial charge >= 0.3 is 0 Å². The number of methoxy groups -OCH3 is 1. The summed E-state index contributed by atoms with van der Waals surface area (Å²) in [6, 6.07) is 0. The van der Waals surface area contributed by atoms with E-state index in [1.165, 1.54) is 13.5 Å². The van der Waals surface area contributed by atoms with E-state index in [1.54, 1.807) is 0 Å². The lowest BCUT2D eigenvalue weighted by Crippen LogP contribution is -1.69. The Morgan fingerprint density at radius 2 is 2.60 bits per heavy atom. The van der Waals surface area contributed by atoms with Gasteiger partial charge in [-0.1, -0.05) is 0 Å². The summed E-state index contributed by atoms with van der Waals surface area (Å²) in [6.45, 7) is 0. The Kier molecular flexibility index (Phi) is 3.68. The quantitative estimate of drug-likeness (QED) is 0.283. The fourth-order valence-electron chi connectivity index (χ4n) is 0.0471. The monoisotopic (exact) mass is 91.0 g/mol. The van der Waals surface area contributed by atoms with Crippen molar-refractivity contribution in [3.05, 3.63) is 0 Å². The van der Waals surface area contributed by atoms with Gasteiger partial charge in [-0.05, 0) is 12.8 Å². The van der Waals surface area contributed by atoms with Crippen molar-refractivity contribution in [2.75, 3.05) is 7.11 Å². The molecule has 0 heterocycles. The van der Waals surface area contributed by atoms with E-state index < -0.39 is 0 Å². The van der Waals surface area contributed by atoms with E-state index in [2.05, 4.69) is 21.9 Å². The Morgan fingerprint density at radius 3 is 2.60 bits per heavy atom. The number of hydrogen-bond donors (Lipinski definition) is 1. The molecule has 0 spiro atoms. The summed E-state index contributed by atoms with van der Waals surface area (Å²) >= 11 is 3.45. The number of thiol groups is 1. The lowest BCUT2D eigenvalue weighted by molar-refractivity contribution is 0.424. The minimum Gasteiger partial charge on any atom is -0.486 e. The number of rotatable bonds is 1. The van der Waals surface area contributed by atoms with Crippen LogP contribution in [-0.4, -0.2) is 13.5 Å². The summed E-state index contributed by atoms with van der Waals surface area (Å²) in [5, 5.41) is 0. The van der Waals surface area contributed by atoms with Crippen LogP contribution in [0, 0.1) is 0 Å². The van der Waals surface area contributed by atoms with E-state index >= 15 is 0 Å². The zero-order valence-electron chi connectivity index (χ0n) is 2.88. The van der Waals surface area contributed by atoms with Gasteiger partial charge in [0.25, 0.3) is 0 Å². The molecule has 30 valence electrons. The van der Waals surface area contributed by atoms with Gasteiger partial charge in [0, 0.05) is 0 Å². The third-order valence-electron chi connectivity index (χ3n) is 0.153. The van der Waals surface area contributed by atoms with Crippen LogP contribution in [0.25, 0.3) is 0 Å². The normalized spacial score (nSPS) is 9.20. The predicted molar refractivity (Wildman–Crippen MR) is 24.5 cm³/mol. The molecule has 0 aliphatic rings. The first-order chi connectivity index (χ1) is 2.41. The maximum Gasteiger partial charge on any atom is 0.180 e. The molecule has 0 rings (SSSR count). The van der Waals surface area contributed by atoms with Gasteiger partial charge in [0.15, 0.2) is 6.40 Å². The first kappa shape index (κ1) is 4.82. The summed E-state index contributed by atoms with van der Waals surface area (Å²) < 4.78 is 7.52. The van der Waals surface area contributed by atoms with Crippen molar-refractivity contribution in [1.29, 1.82) is 0 Å². The van der Waals surface area contributed by atoms with Crippen LogP contribution in [0.15, 0.2) is 4.40 Å². The third kappa shape index (κ3) is 3.82. The van der Waals surface area contributed by atoms with Gasteiger partial charge in [0.2, 0.25) is 0 Å². The Hall–Kier alpha value is -0.180. The average molecular weight is 91.1 g/mol. The van der Waals surface area contributed by atoms with Crippen molar-refractivity contribution in [3.63, 3.8) is 0 Å². The molecule has 5 heavy (non-hydrogen) atoms. The van der Waals surface area contributed by atoms with E-state index in [0.717, 1.165) is 0 Å². The van der Waals surface area contributed by atoms with Crippen LogP contribution in [0.2, 0.25) is 0 Å². The molecule has 0 atom stereocenters. The maximum atomic E-state index is 4.32. The summed E-state index contributed by atoms with van der Waals surface area (Å²) in [4.78, 5) is 0. The first-order valence-corrected chi connectivity index (χ1v) is 1.50. The second-order valence-corrected chi connectivity index (χ2v) is 0.688. The lowest BCUT2D eigenvalue weighted by Gasteiger charge is -1.74. The van der Waals surface area contributed by atoms with E-state index in [-0.39, 0.29) is 0 Å². The van der Waals surface area contributed by atoms with Gasteiger partial charge in [0.05, 0.1) is 7.11 Å². The second kappa shape index (κ2) is 3.82. The molecule has 0 unspecified atom stereocenters. The molecule has 0 saturated carbocycles. The summed E-state index contributed by atoms with van der Waals surface area (Å²) in [5.74, 6) is 0. The first-order valence-electron chi connectivity index (χ1n) is 1.10. The molecule has 0 aromatic rings. The maximum absolute atomic E-state index is 4.32. The Bertz CT molecular complexity index is 36.6. The van der Waals surface area contributed by atoms with Crippen LogP contribution in [0.3, 0.4) is 0 Å². The van der Waals surface area contributed by atoms with Crippen molar-refractivity contribution < 1.29 is 4.74 Å². The summed E-state index contributed by atoms with van der Waals surface area (Å²) in [7, 11) is 1.51. The van der Waals surface area contributed by atoms with Gasteiger partial charge in [-0.3, -0.25) is 0 Å². The molecule has 0 amide bonds. The molecule has 0 aliphatic carbocycles. The smallest absolute Gasteiger partial charge is 0.180 e. The topological polar surface area (TPSA) is 21.6 Å². The molecular formula is C2H5NOS. The van der Waals surface area contributed by atoms with Crippen molar-refractivity contribution in [1.82, 2.24) is 0 Å². The highest BCUT2D eigenvalue weighted by molar-refractivity contribution is 7.78. The number of hydrogen-bond acceptors (Lipinski definition) is 3. The average Bonchev–Trinajstić information content (AvgIpc) is 1.41. The highest BCUT2D eigenvalue weighted by Crippen LogP contribution is 1.65. The molecule has 3 heteroatoms. The predicted octanol–water partition coefficient (Wildman–Crippen LogP) is 0.506. The standard InChI is InChI=1S/C2H5NOS/c1-4-2-3-5/h2,5H,1H3. The Labute approximate surface area is 36.4 Å². The Morgan fingerprint density at radius 1 is 2.00 bits per heavy atom. The SMILES string of the molecule is COC=NS. The van der Waals surface area contributed by atoms with E-state index in [9.17, 15) is 0 Å². The number of ether oxygens (including phenoxy) is 1. The second-order valence-electron chi connectivity index (χ2n) is 0.457. The highest BCUT2D eigenvalue weighted by atomic mass is 32.1. The largest absolute Gasteiger partial charge is 0.486 e. The van der Waals surface area contributed by atoms with Crippen LogP contribution in [0.5, 0.6) is 0 Å². The van der Waals surface area contributed by atoms with Gasteiger partial charge < -0.3 is 4.74 Å². The minimum absolute atomic E-state index is 1.24. The molecule has 0 aromatic carbocycles.